The number of anilines is 1. The predicted octanol–water partition coefficient (Wildman–Crippen LogP) is 2.44. The molecule has 2 N–H and O–H groups in total. The molecule has 1 aromatic heterocycles. The number of rotatable bonds is 4. The van der Waals surface area contributed by atoms with Gasteiger partial charge in [-0.3, -0.25) is 9.48 Å². The van der Waals surface area contributed by atoms with Crippen LogP contribution in [0.25, 0.3) is 16.9 Å². The van der Waals surface area contributed by atoms with Crippen LogP contribution < -0.4 is 20.8 Å². The highest BCUT2D eigenvalue weighted by Gasteiger charge is 2.18. The van der Waals surface area contributed by atoms with Gasteiger partial charge in [0.15, 0.2) is 0 Å². The molecule has 2 aromatic carbocycles. The molecule has 3 aromatic rings. The largest absolute Gasteiger partial charge is 0.497 e. The van der Waals surface area contributed by atoms with E-state index >= 15 is 0 Å². The number of hydrogen-bond donors (Lipinski definition) is 1. The van der Waals surface area contributed by atoms with Gasteiger partial charge in [0.05, 0.1) is 25.6 Å². The summed E-state index contributed by atoms with van der Waals surface area (Å²) in [5.74, 6) is 1.47. The van der Waals surface area contributed by atoms with Crippen molar-refractivity contribution in [2.45, 2.75) is 0 Å². The van der Waals surface area contributed by atoms with Crippen molar-refractivity contribution >= 4 is 5.69 Å². The first kappa shape index (κ1) is 15.7. The molecule has 1 heterocycles. The quantitative estimate of drug-likeness (QED) is 0.800. The van der Waals surface area contributed by atoms with Gasteiger partial charge in [-0.1, -0.05) is 0 Å². The SMILES string of the molecule is COc1ccc(-c2c(N)c(=O)n(-c3ccc(OC)cc3)n2C)cc1. The minimum absolute atomic E-state index is 0.207. The standard InChI is InChI=1S/C18H19N3O3/c1-20-17(12-4-8-14(23-2)9-5-12)16(19)18(22)21(20)13-6-10-15(24-3)11-7-13/h4-11H,19H2,1-3H3. The Hall–Kier alpha value is -3.15. The fourth-order valence-electron chi connectivity index (χ4n) is 2.73. The van der Waals surface area contributed by atoms with Crippen molar-refractivity contribution in [2.75, 3.05) is 20.0 Å². The second kappa shape index (κ2) is 6.16. The van der Waals surface area contributed by atoms with E-state index < -0.39 is 0 Å². The third-order valence-corrected chi connectivity index (χ3v) is 3.98. The Morgan fingerprint density at radius 3 is 1.88 bits per heavy atom. The maximum absolute atomic E-state index is 12.6. The van der Waals surface area contributed by atoms with Crippen LogP contribution in [0.15, 0.2) is 53.3 Å². The topological polar surface area (TPSA) is 71.4 Å². The Kier molecular flexibility index (Phi) is 4.04. The number of hydrogen-bond acceptors (Lipinski definition) is 4. The van der Waals surface area contributed by atoms with Crippen LogP contribution in [0.3, 0.4) is 0 Å². The van der Waals surface area contributed by atoms with Gasteiger partial charge in [-0.2, -0.15) is 0 Å². The van der Waals surface area contributed by atoms with Crippen LogP contribution in [0.4, 0.5) is 5.69 Å². The molecular weight excluding hydrogens is 306 g/mol. The number of aromatic nitrogens is 2. The van der Waals surface area contributed by atoms with Crippen LogP contribution in [0, 0.1) is 0 Å². The summed E-state index contributed by atoms with van der Waals surface area (Å²) in [6.45, 7) is 0. The molecule has 6 heteroatoms. The lowest BCUT2D eigenvalue weighted by Gasteiger charge is -2.11. The fourth-order valence-corrected chi connectivity index (χ4v) is 2.73. The fraction of sp³-hybridized carbons (Fsp3) is 0.167. The Morgan fingerprint density at radius 1 is 0.875 bits per heavy atom. The minimum Gasteiger partial charge on any atom is -0.497 e. The summed E-state index contributed by atoms with van der Waals surface area (Å²) in [5.41, 5.74) is 8.27. The second-order valence-corrected chi connectivity index (χ2v) is 5.33. The lowest BCUT2D eigenvalue weighted by Crippen LogP contribution is -2.20. The number of nitrogen functional groups attached to an aromatic ring is 1. The van der Waals surface area contributed by atoms with Gasteiger partial charge in [0.2, 0.25) is 0 Å². The van der Waals surface area contributed by atoms with E-state index in [1.54, 1.807) is 31.0 Å². The van der Waals surface area contributed by atoms with Crippen molar-refractivity contribution in [3.8, 4) is 28.4 Å². The van der Waals surface area contributed by atoms with Crippen LogP contribution in [0.5, 0.6) is 11.5 Å². The predicted molar refractivity (Wildman–Crippen MR) is 94.0 cm³/mol. The molecule has 0 saturated carbocycles. The van der Waals surface area contributed by atoms with Crippen molar-refractivity contribution in [1.29, 1.82) is 0 Å². The van der Waals surface area contributed by atoms with Crippen molar-refractivity contribution < 1.29 is 9.47 Å². The van der Waals surface area contributed by atoms with E-state index in [9.17, 15) is 4.79 Å². The molecule has 0 radical (unpaired) electrons. The van der Waals surface area contributed by atoms with Crippen LogP contribution in [0.1, 0.15) is 0 Å². The molecule has 124 valence electrons. The van der Waals surface area contributed by atoms with Gasteiger partial charge < -0.3 is 15.2 Å². The smallest absolute Gasteiger partial charge is 0.295 e. The molecule has 0 spiro atoms. The zero-order valence-corrected chi connectivity index (χ0v) is 13.8. The van der Waals surface area contributed by atoms with Crippen LogP contribution >= 0.6 is 0 Å². The van der Waals surface area contributed by atoms with Gasteiger partial charge in [0.25, 0.3) is 5.56 Å². The van der Waals surface area contributed by atoms with Gasteiger partial charge in [0, 0.05) is 12.6 Å². The molecule has 0 aliphatic carbocycles. The van der Waals surface area contributed by atoms with Gasteiger partial charge in [-0.15, -0.1) is 0 Å². The summed E-state index contributed by atoms with van der Waals surface area (Å²) in [4.78, 5) is 12.6. The summed E-state index contributed by atoms with van der Waals surface area (Å²) in [7, 11) is 5.02. The summed E-state index contributed by atoms with van der Waals surface area (Å²) < 4.78 is 13.6. The third kappa shape index (κ3) is 2.52. The zero-order valence-electron chi connectivity index (χ0n) is 13.8. The summed E-state index contributed by atoms with van der Waals surface area (Å²) in [6, 6.07) is 14.7. The average Bonchev–Trinajstić information content (AvgIpc) is 2.84. The van der Waals surface area contributed by atoms with Crippen LogP contribution in [-0.4, -0.2) is 23.6 Å². The normalized spacial score (nSPS) is 10.6. The van der Waals surface area contributed by atoms with Gasteiger partial charge in [0.1, 0.15) is 17.2 Å². The van der Waals surface area contributed by atoms with Gasteiger partial charge in [-0.25, -0.2) is 4.68 Å². The molecule has 0 aliphatic heterocycles. The molecule has 0 atom stereocenters. The molecule has 0 amide bonds. The van der Waals surface area contributed by atoms with Crippen LogP contribution in [0.2, 0.25) is 0 Å². The van der Waals surface area contributed by atoms with Crippen molar-refractivity contribution in [2.24, 2.45) is 7.05 Å². The first-order valence-electron chi connectivity index (χ1n) is 7.43. The molecule has 24 heavy (non-hydrogen) atoms. The lowest BCUT2D eigenvalue weighted by atomic mass is 10.1. The summed E-state index contributed by atoms with van der Waals surface area (Å²) in [6.07, 6.45) is 0. The van der Waals surface area contributed by atoms with E-state index in [1.165, 1.54) is 4.68 Å². The average molecular weight is 325 g/mol. The number of ether oxygens (including phenoxy) is 2. The Morgan fingerprint density at radius 2 is 1.38 bits per heavy atom. The second-order valence-electron chi connectivity index (χ2n) is 5.33. The van der Waals surface area contributed by atoms with Gasteiger partial charge >= 0.3 is 0 Å². The van der Waals surface area contributed by atoms with Crippen molar-refractivity contribution in [3.63, 3.8) is 0 Å². The molecule has 0 fully saturated rings. The first-order valence-corrected chi connectivity index (χ1v) is 7.43. The molecule has 0 bridgehead atoms. The third-order valence-electron chi connectivity index (χ3n) is 3.98. The lowest BCUT2D eigenvalue weighted by molar-refractivity contribution is 0.414. The van der Waals surface area contributed by atoms with Crippen LogP contribution in [-0.2, 0) is 7.05 Å². The molecule has 0 saturated heterocycles. The van der Waals surface area contributed by atoms with E-state index in [4.69, 9.17) is 15.2 Å². The summed E-state index contributed by atoms with van der Waals surface area (Å²) >= 11 is 0. The highest BCUT2D eigenvalue weighted by molar-refractivity contribution is 5.73. The molecular formula is C18H19N3O3. The maximum Gasteiger partial charge on any atom is 0.295 e. The highest BCUT2D eigenvalue weighted by atomic mass is 16.5. The zero-order chi connectivity index (χ0) is 17.3. The molecule has 6 nitrogen and oxygen atoms in total. The monoisotopic (exact) mass is 325 g/mol. The van der Waals surface area contributed by atoms with E-state index in [2.05, 4.69) is 0 Å². The number of nitrogens with zero attached hydrogens (tertiary/aromatic N) is 2. The molecule has 0 unspecified atom stereocenters. The number of benzene rings is 2. The Balaban J connectivity index is 2.14. The van der Waals surface area contributed by atoms with E-state index in [-0.39, 0.29) is 11.2 Å². The van der Waals surface area contributed by atoms with E-state index in [0.29, 0.717) is 5.69 Å². The van der Waals surface area contributed by atoms with E-state index in [0.717, 1.165) is 22.7 Å². The van der Waals surface area contributed by atoms with Gasteiger partial charge in [-0.05, 0) is 48.5 Å². The Bertz CT molecular complexity index is 906. The molecule has 3 rings (SSSR count). The maximum atomic E-state index is 12.6. The van der Waals surface area contributed by atoms with Crippen molar-refractivity contribution in [1.82, 2.24) is 9.36 Å². The minimum atomic E-state index is -0.256. The number of nitrogens with two attached hydrogens (primary N) is 1. The van der Waals surface area contributed by atoms with E-state index in [1.807, 2.05) is 43.4 Å². The Labute approximate surface area is 139 Å². The van der Waals surface area contributed by atoms with Crippen molar-refractivity contribution in [3.05, 3.63) is 58.9 Å². The molecule has 0 aliphatic rings. The first-order chi connectivity index (χ1) is 11.6. The summed E-state index contributed by atoms with van der Waals surface area (Å²) in [5, 5.41) is 0. The number of methoxy groups -OCH3 is 2. The highest BCUT2D eigenvalue weighted by Crippen LogP contribution is 2.27.